The van der Waals surface area contributed by atoms with E-state index < -0.39 is 0 Å². The zero-order valence-corrected chi connectivity index (χ0v) is 20.7. The highest BCUT2D eigenvalue weighted by atomic mass is 35.5. The highest BCUT2D eigenvalue weighted by Crippen LogP contribution is 2.34. The number of thioether (sulfide) groups is 1. The van der Waals surface area contributed by atoms with Crippen LogP contribution in [0.15, 0.2) is 89.8 Å². The minimum Gasteiger partial charge on any atom is -0.489 e. The third-order valence-electron chi connectivity index (χ3n) is 5.67. The normalized spacial score (nSPS) is 14.8. The monoisotopic (exact) mass is 519 g/mol. The topological polar surface area (TPSA) is 46.6 Å². The van der Waals surface area contributed by atoms with E-state index in [0.29, 0.717) is 27.3 Å². The highest BCUT2D eigenvalue weighted by molar-refractivity contribution is 8.18. The summed E-state index contributed by atoms with van der Waals surface area (Å²) in [7, 11) is 0. The summed E-state index contributed by atoms with van der Waals surface area (Å²) in [4.78, 5) is 27.3. The van der Waals surface area contributed by atoms with Gasteiger partial charge in [-0.25, -0.2) is 0 Å². The van der Waals surface area contributed by atoms with Crippen molar-refractivity contribution in [2.75, 3.05) is 0 Å². The molecule has 35 heavy (non-hydrogen) atoms. The zero-order valence-electron chi connectivity index (χ0n) is 18.4. The molecule has 1 saturated heterocycles. The number of benzene rings is 4. The van der Waals surface area contributed by atoms with Crippen LogP contribution in [0.1, 0.15) is 16.7 Å². The van der Waals surface area contributed by atoms with E-state index in [-0.39, 0.29) is 17.7 Å². The number of ether oxygens (including phenoxy) is 1. The van der Waals surface area contributed by atoms with Crippen molar-refractivity contribution in [1.29, 1.82) is 0 Å². The molecule has 1 aliphatic rings. The van der Waals surface area contributed by atoms with Crippen LogP contribution in [0.3, 0.4) is 0 Å². The second kappa shape index (κ2) is 10.2. The molecule has 0 radical (unpaired) electrons. The maximum atomic E-state index is 13.0. The lowest BCUT2D eigenvalue weighted by molar-refractivity contribution is -0.123. The van der Waals surface area contributed by atoms with E-state index in [9.17, 15) is 9.59 Å². The third kappa shape index (κ3) is 5.22. The smallest absolute Gasteiger partial charge is 0.293 e. The predicted octanol–water partition coefficient (Wildman–Crippen LogP) is 7.96. The molecular weight excluding hydrogens is 501 g/mol. The number of hydrogen-bond donors (Lipinski definition) is 0. The molecule has 4 aromatic carbocycles. The number of amides is 2. The fourth-order valence-electron chi connectivity index (χ4n) is 3.85. The Morgan fingerprint density at radius 3 is 2.43 bits per heavy atom. The van der Waals surface area contributed by atoms with E-state index in [1.807, 2.05) is 72.8 Å². The summed E-state index contributed by atoms with van der Waals surface area (Å²) in [6.45, 7) is 0.547. The van der Waals surface area contributed by atoms with Gasteiger partial charge in [0.25, 0.3) is 11.1 Å². The van der Waals surface area contributed by atoms with Gasteiger partial charge in [0.15, 0.2) is 0 Å². The molecule has 0 atom stereocenters. The average Bonchev–Trinajstić information content (AvgIpc) is 3.12. The molecule has 0 aromatic heterocycles. The number of hydrogen-bond acceptors (Lipinski definition) is 4. The van der Waals surface area contributed by atoms with Gasteiger partial charge in [0.1, 0.15) is 12.4 Å². The van der Waals surface area contributed by atoms with Crippen molar-refractivity contribution >= 4 is 63.0 Å². The molecule has 5 rings (SSSR count). The number of nitrogens with zero attached hydrogens (tertiary/aromatic N) is 1. The van der Waals surface area contributed by atoms with Crippen LogP contribution in [0.25, 0.3) is 16.8 Å². The summed E-state index contributed by atoms with van der Waals surface area (Å²) in [6, 6.07) is 26.4. The predicted molar refractivity (Wildman–Crippen MR) is 143 cm³/mol. The van der Waals surface area contributed by atoms with Crippen LogP contribution >= 0.6 is 35.0 Å². The maximum absolute atomic E-state index is 13.0. The molecule has 0 saturated carbocycles. The van der Waals surface area contributed by atoms with Crippen LogP contribution in [-0.4, -0.2) is 16.0 Å². The van der Waals surface area contributed by atoms with E-state index in [2.05, 4.69) is 0 Å². The van der Waals surface area contributed by atoms with Crippen molar-refractivity contribution in [2.45, 2.75) is 13.2 Å². The quantitative estimate of drug-likeness (QED) is 0.242. The Hall–Kier alpha value is -3.25. The van der Waals surface area contributed by atoms with Gasteiger partial charge in [0.05, 0.1) is 11.4 Å². The number of fused-ring (bicyclic) bond motifs is 1. The molecule has 0 unspecified atom stereocenters. The Morgan fingerprint density at radius 2 is 1.63 bits per heavy atom. The van der Waals surface area contributed by atoms with Crippen LogP contribution in [0, 0.1) is 0 Å². The molecule has 0 spiro atoms. The summed E-state index contributed by atoms with van der Waals surface area (Å²) in [5.41, 5.74) is 2.58. The molecule has 4 nitrogen and oxygen atoms in total. The molecular formula is C28H19Cl2NO3S. The largest absolute Gasteiger partial charge is 0.489 e. The molecule has 0 aliphatic carbocycles. The van der Waals surface area contributed by atoms with E-state index in [1.54, 1.807) is 18.2 Å². The van der Waals surface area contributed by atoms with Gasteiger partial charge in [-0.3, -0.25) is 14.5 Å². The number of rotatable bonds is 6. The van der Waals surface area contributed by atoms with Crippen LogP contribution < -0.4 is 4.74 Å². The van der Waals surface area contributed by atoms with E-state index >= 15 is 0 Å². The molecule has 174 valence electrons. The average molecular weight is 520 g/mol. The van der Waals surface area contributed by atoms with Gasteiger partial charge in [-0.2, -0.15) is 0 Å². The van der Waals surface area contributed by atoms with Gasteiger partial charge >= 0.3 is 0 Å². The SMILES string of the molecule is O=C1S/C(=C\c2ccc(OCc3ccc(Cl)cc3Cl)cc2)C(=O)N1Cc1cccc2ccccc12. The summed E-state index contributed by atoms with van der Waals surface area (Å²) >= 11 is 13.1. The van der Waals surface area contributed by atoms with Crippen LogP contribution in [0.2, 0.25) is 10.0 Å². The van der Waals surface area contributed by atoms with Gasteiger partial charge in [-0.05, 0) is 64.0 Å². The Bertz CT molecular complexity index is 1460. The lowest BCUT2D eigenvalue weighted by atomic mass is 10.0. The van der Waals surface area contributed by atoms with Gasteiger partial charge in [0, 0.05) is 15.6 Å². The third-order valence-corrected chi connectivity index (χ3v) is 7.16. The second-order valence-electron chi connectivity index (χ2n) is 8.00. The summed E-state index contributed by atoms with van der Waals surface area (Å²) in [6.07, 6.45) is 1.73. The first-order valence-electron chi connectivity index (χ1n) is 10.9. The summed E-state index contributed by atoms with van der Waals surface area (Å²) in [5, 5.41) is 2.97. The van der Waals surface area contributed by atoms with Crippen molar-refractivity contribution in [3.8, 4) is 5.75 Å². The Morgan fingerprint density at radius 1 is 0.857 bits per heavy atom. The van der Waals surface area contributed by atoms with Crippen molar-refractivity contribution in [1.82, 2.24) is 4.90 Å². The molecule has 4 aromatic rings. The highest BCUT2D eigenvalue weighted by Gasteiger charge is 2.35. The fourth-order valence-corrected chi connectivity index (χ4v) is 5.15. The first-order valence-corrected chi connectivity index (χ1v) is 12.4. The first-order chi connectivity index (χ1) is 17.0. The molecule has 1 aliphatic heterocycles. The standard InChI is InChI=1S/C28H19Cl2NO3S/c29-22-11-10-21(25(30)15-22)17-34-23-12-8-18(9-13-23)14-26-27(32)31(28(33)35-26)16-20-6-3-5-19-4-1-2-7-24(19)20/h1-15H,16-17H2/b26-14-. The molecule has 2 amide bonds. The zero-order chi connectivity index (χ0) is 24.4. The minimum atomic E-state index is -0.286. The molecule has 1 fully saturated rings. The van der Waals surface area contributed by atoms with Gasteiger partial charge in [-0.15, -0.1) is 0 Å². The fraction of sp³-hybridized carbons (Fsp3) is 0.0714. The van der Waals surface area contributed by atoms with Gasteiger partial charge in [0.2, 0.25) is 0 Å². The van der Waals surface area contributed by atoms with E-state index in [4.69, 9.17) is 27.9 Å². The lowest BCUT2D eigenvalue weighted by Crippen LogP contribution is -2.27. The lowest BCUT2D eigenvalue weighted by Gasteiger charge is -2.14. The minimum absolute atomic E-state index is 0.239. The molecule has 0 N–H and O–H groups in total. The first kappa shape index (κ1) is 23.5. The van der Waals surface area contributed by atoms with Crippen molar-refractivity contribution in [3.05, 3.63) is 117 Å². The Kier molecular flexibility index (Phi) is 6.82. The van der Waals surface area contributed by atoms with Gasteiger partial charge < -0.3 is 4.74 Å². The van der Waals surface area contributed by atoms with Gasteiger partial charge in [-0.1, -0.05) is 83.9 Å². The van der Waals surface area contributed by atoms with Crippen molar-refractivity contribution in [3.63, 3.8) is 0 Å². The maximum Gasteiger partial charge on any atom is 0.293 e. The van der Waals surface area contributed by atoms with Crippen molar-refractivity contribution < 1.29 is 14.3 Å². The number of halogens is 2. The van der Waals surface area contributed by atoms with E-state index in [0.717, 1.165) is 39.2 Å². The Labute approximate surface area is 217 Å². The van der Waals surface area contributed by atoms with Crippen LogP contribution in [0.5, 0.6) is 5.75 Å². The summed E-state index contributed by atoms with van der Waals surface area (Å²) in [5.74, 6) is 0.378. The van der Waals surface area contributed by atoms with Crippen LogP contribution in [0.4, 0.5) is 4.79 Å². The number of carbonyl (C=O) groups is 2. The number of imide groups is 1. The Balaban J connectivity index is 1.27. The number of carbonyl (C=O) groups excluding carboxylic acids is 2. The molecule has 1 heterocycles. The van der Waals surface area contributed by atoms with Crippen LogP contribution in [-0.2, 0) is 17.9 Å². The second-order valence-corrected chi connectivity index (χ2v) is 9.84. The van der Waals surface area contributed by atoms with Crippen molar-refractivity contribution in [2.24, 2.45) is 0 Å². The molecule has 0 bridgehead atoms. The molecule has 7 heteroatoms. The van der Waals surface area contributed by atoms with E-state index in [1.165, 1.54) is 4.90 Å². The summed E-state index contributed by atoms with van der Waals surface area (Å²) < 4.78 is 5.81.